The highest BCUT2D eigenvalue weighted by atomic mass is 16.1. The van der Waals surface area contributed by atoms with Crippen molar-refractivity contribution in [3.05, 3.63) is 76.3 Å². The minimum Gasteiger partial charge on any atom is -0.292 e. The Hall–Kier alpha value is -2.75. The highest BCUT2D eigenvalue weighted by Gasteiger charge is 2.16. The summed E-state index contributed by atoms with van der Waals surface area (Å²) in [5, 5.41) is 0.537. The van der Waals surface area contributed by atoms with E-state index in [0.29, 0.717) is 22.4 Å². The van der Waals surface area contributed by atoms with E-state index in [1.54, 1.807) is 12.1 Å². The van der Waals surface area contributed by atoms with Crippen molar-refractivity contribution in [2.24, 2.45) is 0 Å². The molecule has 3 aromatic rings. The van der Waals surface area contributed by atoms with Crippen molar-refractivity contribution in [1.29, 1.82) is 0 Å². The van der Waals surface area contributed by atoms with Crippen LogP contribution in [0.2, 0.25) is 0 Å². The van der Waals surface area contributed by atoms with E-state index in [0.717, 1.165) is 0 Å². The Labute approximate surface area is 152 Å². The molecule has 2 aromatic carbocycles. The van der Waals surface area contributed by atoms with Crippen LogP contribution in [0.15, 0.2) is 59.7 Å². The maximum absolute atomic E-state index is 12.6. The van der Waals surface area contributed by atoms with Crippen LogP contribution >= 0.6 is 0 Å². The first-order valence-electron chi connectivity index (χ1n) is 9.30. The van der Waals surface area contributed by atoms with E-state index in [1.165, 1.54) is 48.6 Å². The summed E-state index contributed by atoms with van der Waals surface area (Å²) >= 11 is 0. The molecular formula is C22H22N2O2. The van der Waals surface area contributed by atoms with Gasteiger partial charge < -0.3 is 0 Å². The lowest BCUT2D eigenvalue weighted by Crippen LogP contribution is -2.24. The van der Waals surface area contributed by atoms with Crippen LogP contribution in [-0.2, 0) is 6.54 Å². The van der Waals surface area contributed by atoms with Crippen molar-refractivity contribution >= 4 is 16.7 Å². The maximum atomic E-state index is 12.6. The molecule has 1 aliphatic carbocycles. The third-order valence-corrected chi connectivity index (χ3v) is 5.35. The van der Waals surface area contributed by atoms with Gasteiger partial charge in [-0.25, -0.2) is 4.98 Å². The number of hydrogen-bond acceptors (Lipinski definition) is 3. The Morgan fingerprint density at radius 1 is 1.00 bits per heavy atom. The number of carbonyl (C=O) groups excluding carboxylic acids is 1. The molecule has 0 saturated heterocycles. The van der Waals surface area contributed by atoms with Gasteiger partial charge in [-0.2, -0.15) is 0 Å². The Kier molecular flexibility index (Phi) is 4.65. The van der Waals surface area contributed by atoms with Gasteiger partial charge in [-0.3, -0.25) is 14.2 Å². The highest BCUT2D eigenvalue weighted by Crippen LogP contribution is 2.32. The molecular weight excluding hydrogens is 324 g/mol. The summed E-state index contributed by atoms with van der Waals surface area (Å²) in [6, 6.07) is 15.1. The van der Waals surface area contributed by atoms with Crippen LogP contribution in [0.5, 0.6) is 0 Å². The molecule has 1 aromatic heterocycles. The Morgan fingerprint density at radius 3 is 2.50 bits per heavy atom. The van der Waals surface area contributed by atoms with Gasteiger partial charge >= 0.3 is 0 Å². The summed E-state index contributed by atoms with van der Waals surface area (Å²) in [5.74, 6) is 0.555. The van der Waals surface area contributed by atoms with Crippen molar-refractivity contribution in [3.63, 3.8) is 0 Å². The van der Waals surface area contributed by atoms with Crippen LogP contribution in [0.1, 0.15) is 53.9 Å². The lowest BCUT2D eigenvalue weighted by molar-refractivity contribution is 0.0970. The first-order chi connectivity index (χ1) is 12.7. The number of benzene rings is 2. The fourth-order valence-electron chi connectivity index (χ4n) is 3.84. The van der Waals surface area contributed by atoms with E-state index in [9.17, 15) is 9.59 Å². The molecule has 0 atom stereocenters. The molecule has 26 heavy (non-hydrogen) atoms. The number of carbonyl (C=O) groups is 1. The van der Waals surface area contributed by atoms with Crippen LogP contribution in [-0.4, -0.2) is 15.3 Å². The van der Waals surface area contributed by atoms with Gasteiger partial charge in [0, 0.05) is 5.56 Å². The largest absolute Gasteiger partial charge is 0.292 e. The van der Waals surface area contributed by atoms with Crippen LogP contribution in [0.3, 0.4) is 0 Å². The number of fused-ring (bicyclic) bond motifs is 1. The summed E-state index contributed by atoms with van der Waals surface area (Å²) < 4.78 is 1.39. The SMILES string of the molecule is O=C(Cn1cnc2ccccc2c1=O)c1ccc(C2CCCCC2)cc1. The molecule has 1 fully saturated rings. The lowest BCUT2D eigenvalue weighted by Gasteiger charge is -2.22. The van der Waals surface area contributed by atoms with Crippen molar-refractivity contribution in [1.82, 2.24) is 9.55 Å². The van der Waals surface area contributed by atoms with E-state index in [4.69, 9.17) is 0 Å². The lowest BCUT2D eigenvalue weighted by atomic mass is 9.84. The fraction of sp³-hybridized carbons (Fsp3) is 0.318. The normalized spacial score (nSPS) is 15.2. The van der Waals surface area contributed by atoms with Crippen molar-refractivity contribution in [2.75, 3.05) is 0 Å². The van der Waals surface area contributed by atoms with Crippen molar-refractivity contribution in [3.8, 4) is 0 Å². The van der Waals surface area contributed by atoms with Crippen LogP contribution in [0.25, 0.3) is 10.9 Å². The summed E-state index contributed by atoms with van der Waals surface area (Å²) in [7, 11) is 0. The zero-order valence-corrected chi connectivity index (χ0v) is 14.7. The third kappa shape index (κ3) is 3.32. The molecule has 4 nitrogen and oxygen atoms in total. The fourth-order valence-corrected chi connectivity index (χ4v) is 3.84. The Balaban J connectivity index is 1.53. The average molecular weight is 346 g/mol. The van der Waals surface area contributed by atoms with Crippen LogP contribution < -0.4 is 5.56 Å². The van der Waals surface area contributed by atoms with E-state index in [-0.39, 0.29) is 17.9 Å². The summed E-state index contributed by atoms with van der Waals surface area (Å²) in [5.41, 5.74) is 2.44. The topological polar surface area (TPSA) is 52.0 Å². The second-order valence-electron chi connectivity index (χ2n) is 7.07. The van der Waals surface area contributed by atoms with E-state index < -0.39 is 0 Å². The number of hydrogen-bond donors (Lipinski definition) is 0. The molecule has 4 rings (SSSR count). The Morgan fingerprint density at radius 2 is 1.73 bits per heavy atom. The van der Waals surface area contributed by atoms with Gasteiger partial charge in [0.15, 0.2) is 5.78 Å². The molecule has 4 heteroatoms. The Bertz CT molecular complexity index is 983. The molecule has 1 saturated carbocycles. The molecule has 0 amide bonds. The van der Waals surface area contributed by atoms with Gasteiger partial charge in [-0.15, -0.1) is 0 Å². The molecule has 0 radical (unpaired) electrons. The zero-order chi connectivity index (χ0) is 17.9. The van der Waals surface area contributed by atoms with Crippen LogP contribution in [0.4, 0.5) is 0 Å². The van der Waals surface area contributed by atoms with Crippen LogP contribution in [0, 0.1) is 0 Å². The second kappa shape index (κ2) is 7.24. The van der Waals surface area contributed by atoms with E-state index >= 15 is 0 Å². The van der Waals surface area contributed by atoms with E-state index in [2.05, 4.69) is 17.1 Å². The number of aromatic nitrogens is 2. The van der Waals surface area contributed by atoms with Gasteiger partial charge in [-0.05, 0) is 36.5 Å². The minimum atomic E-state index is -0.178. The second-order valence-corrected chi connectivity index (χ2v) is 7.07. The predicted octanol–water partition coefficient (Wildman–Crippen LogP) is 4.33. The molecule has 0 spiro atoms. The first kappa shape index (κ1) is 16.7. The average Bonchev–Trinajstić information content (AvgIpc) is 2.71. The van der Waals surface area contributed by atoms with E-state index in [1.807, 2.05) is 24.3 Å². The third-order valence-electron chi connectivity index (χ3n) is 5.35. The smallest absolute Gasteiger partial charge is 0.261 e. The molecule has 0 aliphatic heterocycles. The van der Waals surface area contributed by atoms with Crippen molar-refractivity contribution < 1.29 is 4.79 Å². The number of Topliss-reactive ketones (excluding diaryl/α,β-unsaturated/α-hetero) is 1. The van der Waals surface area contributed by atoms with Gasteiger partial charge in [0.2, 0.25) is 0 Å². The first-order valence-corrected chi connectivity index (χ1v) is 9.30. The highest BCUT2D eigenvalue weighted by molar-refractivity contribution is 5.96. The number of nitrogens with zero attached hydrogens (tertiary/aromatic N) is 2. The number of ketones is 1. The van der Waals surface area contributed by atoms with Gasteiger partial charge in [0.25, 0.3) is 5.56 Å². The van der Waals surface area contributed by atoms with Gasteiger partial charge in [-0.1, -0.05) is 55.7 Å². The predicted molar refractivity (Wildman–Crippen MR) is 103 cm³/mol. The molecule has 1 heterocycles. The van der Waals surface area contributed by atoms with Gasteiger partial charge in [0.1, 0.15) is 0 Å². The molecule has 132 valence electrons. The summed E-state index contributed by atoms with van der Waals surface area (Å²) in [4.78, 5) is 29.4. The summed E-state index contributed by atoms with van der Waals surface area (Å²) in [6.45, 7) is 0.0133. The zero-order valence-electron chi connectivity index (χ0n) is 14.7. The maximum Gasteiger partial charge on any atom is 0.261 e. The summed E-state index contributed by atoms with van der Waals surface area (Å²) in [6.07, 6.45) is 7.87. The standard InChI is InChI=1S/C22H22N2O2/c25-21(14-24-15-23-20-9-5-4-8-19(20)22(24)26)18-12-10-17(11-13-18)16-6-2-1-3-7-16/h4-5,8-13,15-16H,1-3,6-7,14H2. The quantitative estimate of drug-likeness (QED) is 0.661. The number of para-hydroxylation sites is 1. The number of rotatable bonds is 4. The molecule has 1 aliphatic rings. The van der Waals surface area contributed by atoms with Crippen molar-refractivity contribution in [2.45, 2.75) is 44.6 Å². The molecule has 0 bridgehead atoms. The molecule has 0 N–H and O–H groups in total. The monoisotopic (exact) mass is 346 g/mol. The van der Waals surface area contributed by atoms with Gasteiger partial charge in [0.05, 0.1) is 23.8 Å². The minimum absolute atomic E-state index is 0.0133. The molecule has 0 unspecified atom stereocenters.